The van der Waals surface area contributed by atoms with Crippen molar-refractivity contribution in [2.45, 2.75) is 62.9 Å². The number of furan rings is 1. The maximum atomic E-state index is 11.4. The lowest BCUT2D eigenvalue weighted by Gasteiger charge is -2.29. The van der Waals surface area contributed by atoms with E-state index in [0.717, 1.165) is 42.5 Å². The van der Waals surface area contributed by atoms with Gasteiger partial charge in [0.2, 0.25) is 10.0 Å². The summed E-state index contributed by atoms with van der Waals surface area (Å²) < 4.78 is 28.2. The van der Waals surface area contributed by atoms with Gasteiger partial charge in [0, 0.05) is 19.0 Å². The molecule has 1 aromatic carbocycles. The fourth-order valence-electron chi connectivity index (χ4n) is 3.77. The van der Waals surface area contributed by atoms with Crippen molar-refractivity contribution in [1.29, 1.82) is 0 Å². The summed E-state index contributed by atoms with van der Waals surface area (Å²) in [6.45, 7) is 3.43. The molecule has 4 N–H and O–H groups in total. The van der Waals surface area contributed by atoms with Crippen molar-refractivity contribution in [2.75, 3.05) is 6.54 Å². The molecule has 0 bridgehead atoms. The zero-order chi connectivity index (χ0) is 21.4. The topological polar surface area (TPSA) is 110 Å². The number of guanidine groups is 1. The molecule has 0 unspecified atom stereocenters. The third-order valence-electron chi connectivity index (χ3n) is 5.68. The number of nitrogens with two attached hydrogens (primary N) is 1. The first-order chi connectivity index (χ1) is 14.4. The second kappa shape index (κ2) is 10.6. The fraction of sp³-hybridized carbons (Fsp3) is 0.500. The number of nitrogens with one attached hydrogen (secondary N) is 2. The summed E-state index contributed by atoms with van der Waals surface area (Å²) in [5, 5.41) is 12.1. The van der Waals surface area contributed by atoms with Gasteiger partial charge in [-0.2, -0.15) is 0 Å². The van der Waals surface area contributed by atoms with E-state index in [2.05, 4.69) is 17.6 Å². The van der Waals surface area contributed by atoms with Crippen LogP contribution in [0.4, 0.5) is 0 Å². The number of rotatable bonds is 8. The summed E-state index contributed by atoms with van der Waals surface area (Å²) in [7, 11) is -3.68. The summed E-state index contributed by atoms with van der Waals surface area (Å²) in [6.07, 6.45) is 8.52. The van der Waals surface area contributed by atoms with Crippen LogP contribution >= 0.6 is 0 Å². The van der Waals surface area contributed by atoms with Crippen molar-refractivity contribution in [2.24, 2.45) is 16.0 Å². The molecule has 8 heteroatoms. The first-order valence-corrected chi connectivity index (χ1v) is 12.2. The van der Waals surface area contributed by atoms with Gasteiger partial charge in [-0.15, -0.1) is 0 Å². The van der Waals surface area contributed by atoms with Crippen LogP contribution in [0.2, 0.25) is 0 Å². The molecule has 1 fully saturated rings. The molecule has 164 valence electrons. The second-order valence-corrected chi connectivity index (χ2v) is 9.44. The third-order valence-corrected chi connectivity index (χ3v) is 6.61. The van der Waals surface area contributed by atoms with Gasteiger partial charge in [0.05, 0.1) is 17.7 Å². The smallest absolute Gasteiger partial charge is 0.238 e. The van der Waals surface area contributed by atoms with Gasteiger partial charge in [0.1, 0.15) is 5.76 Å². The minimum atomic E-state index is -3.68. The van der Waals surface area contributed by atoms with Crippen molar-refractivity contribution in [3.8, 4) is 0 Å². The molecule has 0 radical (unpaired) electrons. The quantitative estimate of drug-likeness (QED) is 0.438. The monoisotopic (exact) mass is 432 g/mol. The van der Waals surface area contributed by atoms with Crippen LogP contribution < -0.4 is 15.8 Å². The Morgan fingerprint density at radius 1 is 1.17 bits per heavy atom. The SMILES string of the molecule is CCC1CCC(NC(=NCc2ccc(S(N)(=O)=O)cc2)NCCc2ccco2)CC1. The van der Waals surface area contributed by atoms with Gasteiger partial charge in [0.15, 0.2) is 5.96 Å². The molecule has 2 aromatic rings. The Bertz CT molecular complexity index is 900. The molecule has 1 aromatic heterocycles. The first-order valence-electron chi connectivity index (χ1n) is 10.6. The highest BCUT2D eigenvalue weighted by Gasteiger charge is 2.20. The molecule has 1 aliphatic carbocycles. The van der Waals surface area contributed by atoms with Gasteiger partial charge in [-0.25, -0.2) is 18.5 Å². The number of nitrogens with zero attached hydrogens (tertiary/aromatic N) is 1. The van der Waals surface area contributed by atoms with Crippen LogP contribution in [0.3, 0.4) is 0 Å². The van der Waals surface area contributed by atoms with Crippen molar-refractivity contribution in [1.82, 2.24) is 10.6 Å². The lowest BCUT2D eigenvalue weighted by molar-refractivity contribution is 0.304. The Morgan fingerprint density at radius 3 is 2.50 bits per heavy atom. The number of hydrogen-bond acceptors (Lipinski definition) is 4. The van der Waals surface area contributed by atoms with Crippen LogP contribution in [0.5, 0.6) is 0 Å². The average molecular weight is 433 g/mol. The van der Waals surface area contributed by atoms with Crippen LogP contribution in [-0.4, -0.2) is 27.0 Å². The van der Waals surface area contributed by atoms with Gasteiger partial charge < -0.3 is 15.1 Å². The lowest BCUT2D eigenvalue weighted by Crippen LogP contribution is -2.45. The largest absolute Gasteiger partial charge is 0.469 e. The van der Waals surface area contributed by atoms with Crippen LogP contribution in [0.15, 0.2) is 57.0 Å². The van der Waals surface area contributed by atoms with E-state index in [1.165, 1.54) is 31.4 Å². The number of hydrogen-bond donors (Lipinski definition) is 3. The van der Waals surface area contributed by atoms with Crippen LogP contribution in [-0.2, 0) is 23.0 Å². The molecular formula is C22H32N4O3S. The van der Waals surface area contributed by atoms with E-state index in [-0.39, 0.29) is 4.90 Å². The number of sulfonamides is 1. The number of aliphatic imine (C=N–C) groups is 1. The molecule has 30 heavy (non-hydrogen) atoms. The molecule has 0 amide bonds. The maximum absolute atomic E-state index is 11.4. The predicted molar refractivity (Wildman–Crippen MR) is 119 cm³/mol. The number of benzene rings is 1. The van der Waals surface area contributed by atoms with E-state index in [1.807, 2.05) is 12.1 Å². The van der Waals surface area contributed by atoms with Crippen LogP contribution in [0, 0.1) is 5.92 Å². The molecule has 1 aliphatic rings. The molecule has 7 nitrogen and oxygen atoms in total. The summed E-state index contributed by atoms with van der Waals surface area (Å²) in [4.78, 5) is 4.83. The molecule has 0 saturated heterocycles. The highest BCUT2D eigenvalue weighted by Crippen LogP contribution is 2.26. The summed E-state index contributed by atoms with van der Waals surface area (Å²) in [6, 6.07) is 10.8. The third kappa shape index (κ3) is 6.88. The van der Waals surface area contributed by atoms with Crippen molar-refractivity contribution >= 4 is 16.0 Å². The zero-order valence-corrected chi connectivity index (χ0v) is 18.3. The molecule has 0 aliphatic heterocycles. The highest BCUT2D eigenvalue weighted by atomic mass is 32.2. The minimum absolute atomic E-state index is 0.109. The summed E-state index contributed by atoms with van der Waals surface area (Å²) in [5.41, 5.74) is 0.921. The summed E-state index contributed by atoms with van der Waals surface area (Å²) in [5.74, 6) is 2.55. The Hall–Kier alpha value is -2.32. The number of primary sulfonamides is 1. The average Bonchev–Trinajstić information content (AvgIpc) is 3.25. The highest BCUT2D eigenvalue weighted by molar-refractivity contribution is 7.89. The van der Waals surface area contributed by atoms with Gasteiger partial charge >= 0.3 is 0 Å². The van der Waals surface area contributed by atoms with E-state index >= 15 is 0 Å². The predicted octanol–water partition coefficient (Wildman–Crippen LogP) is 3.17. The van der Waals surface area contributed by atoms with Crippen molar-refractivity contribution < 1.29 is 12.8 Å². The Kier molecular flexibility index (Phi) is 7.93. The van der Waals surface area contributed by atoms with E-state index in [9.17, 15) is 8.42 Å². The Labute approximate surface area is 179 Å². The van der Waals surface area contributed by atoms with Crippen molar-refractivity contribution in [3.63, 3.8) is 0 Å². The van der Waals surface area contributed by atoms with Gasteiger partial charge in [-0.3, -0.25) is 0 Å². The molecular weight excluding hydrogens is 400 g/mol. The van der Waals surface area contributed by atoms with Crippen LogP contribution in [0.25, 0.3) is 0 Å². The lowest BCUT2D eigenvalue weighted by atomic mass is 9.84. The second-order valence-electron chi connectivity index (χ2n) is 7.88. The molecule has 1 saturated carbocycles. The van der Waals surface area contributed by atoms with E-state index < -0.39 is 10.0 Å². The van der Waals surface area contributed by atoms with E-state index in [1.54, 1.807) is 18.4 Å². The van der Waals surface area contributed by atoms with Crippen LogP contribution in [0.1, 0.15) is 50.4 Å². The standard InChI is InChI=1S/C22H32N4O3S/c1-2-17-5-9-19(10-6-17)26-22(24-14-13-20-4-3-15-29-20)25-16-18-7-11-21(12-8-18)30(23,27)28/h3-4,7-8,11-12,15,17,19H,2,5-6,9-10,13-14,16H2,1H3,(H2,23,27,28)(H2,24,25,26). The Balaban J connectivity index is 1.61. The molecule has 3 rings (SSSR count). The van der Waals surface area contributed by atoms with Gasteiger partial charge in [-0.05, 0) is 61.4 Å². The fourth-order valence-corrected chi connectivity index (χ4v) is 4.29. The molecule has 0 spiro atoms. The molecule has 0 atom stereocenters. The minimum Gasteiger partial charge on any atom is -0.469 e. The van der Waals surface area contributed by atoms with E-state index in [0.29, 0.717) is 19.1 Å². The normalized spacial score (nSPS) is 20.1. The molecule has 1 heterocycles. The van der Waals surface area contributed by atoms with E-state index in [4.69, 9.17) is 14.5 Å². The Morgan fingerprint density at radius 2 is 1.90 bits per heavy atom. The van der Waals surface area contributed by atoms with Crippen molar-refractivity contribution in [3.05, 3.63) is 54.0 Å². The van der Waals surface area contributed by atoms with Gasteiger partial charge in [-0.1, -0.05) is 25.5 Å². The first kappa shape index (κ1) is 22.4. The zero-order valence-electron chi connectivity index (χ0n) is 17.5. The summed E-state index contributed by atoms with van der Waals surface area (Å²) >= 11 is 0. The maximum Gasteiger partial charge on any atom is 0.238 e. The van der Waals surface area contributed by atoms with Gasteiger partial charge in [0.25, 0.3) is 0 Å².